The van der Waals surface area contributed by atoms with E-state index in [1.54, 1.807) is 19.2 Å². The van der Waals surface area contributed by atoms with Crippen molar-refractivity contribution >= 4 is 17.5 Å². The van der Waals surface area contributed by atoms with Gasteiger partial charge in [-0.1, -0.05) is 11.6 Å². The molecule has 1 heterocycles. The summed E-state index contributed by atoms with van der Waals surface area (Å²) in [7, 11) is 1.72. The second-order valence-corrected chi connectivity index (χ2v) is 4.03. The van der Waals surface area contributed by atoms with Crippen molar-refractivity contribution in [3.8, 4) is 11.3 Å². The summed E-state index contributed by atoms with van der Waals surface area (Å²) in [4.78, 5) is 8.36. The molecule has 0 aliphatic rings. The minimum absolute atomic E-state index is 0.352. The average molecular weight is 252 g/mol. The van der Waals surface area contributed by atoms with Crippen LogP contribution in [0.25, 0.3) is 11.3 Å². The third kappa shape index (κ3) is 2.53. The van der Waals surface area contributed by atoms with Gasteiger partial charge in [-0.2, -0.15) is 0 Å². The summed E-state index contributed by atoms with van der Waals surface area (Å²) in [6.07, 6.45) is 0. The van der Waals surface area contributed by atoms with Crippen LogP contribution in [0.2, 0.25) is 5.02 Å². The molecule has 2 rings (SSSR count). The van der Waals surface area contributed by atoms with Crippen LogP contribution in [0.1, 0.15) is 5.69 Å². The van der Waals surface area contributed by atoms with Crippen LogP contribution in [-0.4, -0.2) is 17.0 Å². The second kappa shape index (κ2) is 4.67. The van der Waals surface area contributed by atoms with Crippen molar-refractivity contribution in [2.75, 3.05) is 12.4 Å². The molecular formula is C12H11ClFN3. The molecule has 0 fully saturated rings. The molecule has 0 unspecified atom stereocenters. The van der Waals surface area contributed by atoms with Gasteiger partial charge in [-0.25, -0.2) is 14.4 Å². The minimum atomic E-state index is -0.352. The fraction of sp³-hybridized carbons (Fsp3) is 0.167. The van der Waals surface area contributed by atoms with E-state index in [2.05, 4.69) is 15.3 Å². The maximum atomic E-state index is 13.7. The van der Waals surface area contributed by atoms with Gasteiger partial charge in [-0.05, 0) is 31.2 Å². The summed E-state index contributed by atoms with van der Waals surface area (Å²) in [6, 6.07) is 6.11. The first kappa shape index (κ1) is 11.8. The van der Waals surface area contributed by atoms with Crippen LogP contribution in [0, 0.1) is 12.7 Å². The highest BCUT2D eigenvalue weighted by atomic mass is 35.5. The van der Waals surface area contributed by atoms with Crippen LogP contribution in [-0.2, 0) is 0 Å². The number of hydrogen-bond donors (Lipinski definition) is 1. The van der Waals surface area contributed by atoms with Gasteiger partial charge < -0.3 is 5.32 Å². The van der Waals surface area contributed by atoms with E-state index >= 15 is 0 Å². The first-order valence-corrected chi connectivity index (χ1v) is 5.47. The van der Waals surface area contributed by atoms with Crippen LogP contribution < -0.4 is 5.32 Å². The number of hydrogen-bond acceptors (Lipinski definition) is 3. The largest absolute Gasteiger partial charge is 0.357 e. The van der Waals surface area contributed by atoms with Gasteiger partial charge >= 0.3 is 0 Å². The van der Waals surface area contributed by atoms with Crippen LogP contribution >= 0.6 is 11.6 Å². The fourth-order valence-corrected chi connectivity index (χ4v) is 1.68. The standard InChI is InChI=1S/C12H11ClFN3/c1-7-5-11(17-12(15-2)16-7)9-6-8(13)3-4-10(9)14/h3-6H,1-2H3,(H,15,16,17). The van der Waals surface area contributed by atoms with Gasteiger partial charge in [0, 0.05) is 23.3 Å². The van der Waals surface area contributed by atoms with Crippen molar-refractivity contribution in [3.05, 3.63) is 40.8 Å². The highest BCUT2D eigenvalue weighted by molar-refractivity contribution is 6.30. The number of halogens is 2. The third-order valence-electron chi connectivity index (χ3n) is 2.28. The van der Waals surface area contributed by atoms with Crippen molar-refractivity contribution in [2.45, 2.75) is 6.92 Å². The Hall–Kier alpha value is -1.68. The molecule has 1 aromatic heterocycles. The van der Waals surface area contributed by atoms with Crippen LogP contribution in [0.15, 0.2) is 24.3 Å². The molecule has 88 valence electrons. The smallest absolute Gasteiger partial charge is 0.223 e. The molecule has 0 atom stereocenters. The highest BCUT2D eigenvalue weighted by Crippen LogP contribution is 2.25. The quantitative estimate of drug-likeness (QED) is 0.890. The Morgan fingerprint density at radius 3 is 2.71 bits per heavy atom. The molecule has 0 spiro atoms. The van der Waals surface area contributed by atoms with Crippen LogP contribution in [0.3, 0.4) is 0 Å². The summed E-state index contributed by atoms with van der Waals surface area (Å²) in [5.41, 5.74) is 1.65. The van der Waals surface area contributed by atoms with Crippen molar-refractivity contribution in [1.29, 1.82) is 0 Å². The van der Waals surface area contributed by atoms with Gasteiger partial charge in [0.15, 0.2) is 0 Å². The van der Waals surface area contributed by atoms with Crippen molar-refractivity contribution in [3.63, 3.8) is 0 Å². The Morgan fingerprint density at radius 1 is 1.24 bits per heavy atom. The molecule has 0 saturated heterocycles. The lowest BCUT2D eigenvalue weighted by atomic mass is 10.1. The number of benzene rings is 1. The normalized spacial score (nSPS) is 10.4. The zero-order valence-corrected chi connectivity index (χ0v) is 10.2. The molecule has 0 aliphatic carbocycles. The molecular weight excluding hydrogens is 241 g/mol. The molecule has 2 aromatic rings. The highest BCUT2D eigenvalue weighted by Gasteiger charge is 2.09. The lowest BCUT2D eigenvalue weighted by Crippen LogP contribution is -2.00. The Labute approximate surface area is 104 Å². The summed E-state index contributed by atoms with van der Waals surface area (Å²) in [5, 5.41) is 3.31. The second-order valence-electron chi connectivity index (χ2n) is 3.59. The van der Waals surface area contributed by atoms with Crippen molar-refractivity contribution < 1.29 is 4.39 Å². The maximum Gasteiger partial charge on any atom is 0.223 e. The Bertz CT molecular complexity index is 557. The molecule has 0 saturated carbocycles. The van der Waals surface area contributed by atoms with Gasteiger partial charge in [0.2, 0.25) is 5.95 Å². The summed E-state index contributed by atoms with van der Waals surface area (Å²) >= 11 is 5.85. The maximum absolute atomic E-state index is 13.7. The van der Waals surface area contributed by atoms with Crippen molar-refractivity contribution in [1.82, 2.24) is 9.97 Å². The van der Waals surface area contributed by atoms with E-state index in [9.17, 15) is 4.39 Å². The van der Waals surface area contributed by atoms with Gasteiger partial charge in [0.25, 0.3) is 0 Å². The van der Waals surface area contributed by atoms with Gasteiger partial charge in [0.05, 0.1) is 5.69 Å². The van der Waals surface area contributed by atoms with Crippen molar-refractivity contribution in [2.24, 2.45) is 0 Å². The minimum Gasteiger partial charge on any atom is -0.357 e. The van der Waals surface area contributed by atoms with Crippen LogP contribution in [0.5, 0.6) is 0 Å². The lowest BCUT2D eigenvalue weighted by Gasteiger charge is -2.06. The topological polar surface area (TPSA) is 37.8 Å². The number of nitrogens with zero attached hydrogens (tertiary/aromatic N) is 2. The SMILES string of the molecule is CNc1nc(C)cc(-c2cc(Cl)ccc2F)n1. The van der Waals surface area contributed by atoms with E-state index in [0.717, 1.165) is 5.69 Å². The zero-order chi connectivity index (χ0) is 12.4. The molecule has 0 bridgehead atoms. The first-order valence-electron chi connectivity index (χ1n) is 5.09. The zero-order valence-electron chi connectivity index (χ0n) is 9.46. The number of nitrogens with one attached hydrogen (secondary N) is 1. The van der Waals surface area contributed by atoms with E-state index in [-0.39, 0.29) is 5.82 Å². The molecule has 1 aromatic carbocycles. The summed E-state index contributed by atoms with van der Waals surface area (Å²) in [6.45, 7) is 1.83. The summed E-state index contributed by atoms with van der Waals surface area (Å²) in [5.74, 6) is 0.105. The third-order valence-corrected chi connectivity index (χ3v) is 2.52. The number of aromatic nitrogens is 2. The monoisotopic (exact) mass is 251 g/mol. The molecule has 17 heavy (non-hydrogen) atoms. The van der Waals surface area contributed by atoms with E-state index in [0.29, 0.717) is 22.2 Å². The van der Waals surface area contributed by atoms with Gasteiger partial charge in [-0.3, -0.25) is 0 Å². The molecule has 0 radical (unpaired) electrons. The predicted octanol–water partition coefficient (Wildman–Crippen LogP) is 3.29. The Balaban J connectivity index is 2.59. The average Bonchev–Trinajstić information content (AvgIpc) is 2.31. The number of rotatable bonds is 2. The van der Waals surface area contributed by atoms with Gasteiger partial charge in [-0.15, -0.1) is 0 Å². The van der Waals surface area contributed by atoms with E-state index in [1.807, 2.05) is 6.92 Å². The van der Waals surface area contributed by atoms with Crippen LogP contribution in [0.4, 0.5) is 10.3 Å². The molecule has 0 aliphatic heterocycles. The summed E-state index contributed by atoms with van der Waals surface area (Å²) < 4.78 is 13.7. The first-order chi connectivity index (χ1) is 8.10. The molecule has 0 amide bonds. The molecule has 3 nitrogen and oxygen atoms in total. The Morgan fingerprint density at radius 2 is 2.00 bits per heavy atom. The predicted molar refractivity (Wildman–Crippen MR) is 66.7 cm³/mol. The molecule has 1 N–H and O–H groups in total. The Kier molecular flexibility index (Phi) is 3.24. The fourth-order valence-electron chi connectivity index (χ4n) is 1.51. The van der Waals surface area contributed by atoms with E-state index < -0.39 is 0 Å². The lowest BCUT2D eigenvalue weighted by molar-refractivity contribution is 0.630. The van der Waals surface area contributed by atoms with E-state index in [1.165, 1.54) is 12.1 Å². The number of aryl methyl sites for hydroxylation is 1. The van der Waals surface area contributed by atoms with E-state index in [4.69, 9.17) is 11.6 Å². The molecule has 5 heteroatoms. The number of anilines is 1. The van der Waals surface area contributed by atoms with Gasteiger partial charge in [0.1, 0.15) is 5.82 Å².